The minimum absolute atomic E-state index is 0.116. The van der Waals surface area contributed by atoms with Gasteiger partial charge in [-0.05, 0) is 40.5 Å². The molecule has 0 spiro atoms. The van der Waals surface area contributed by atoms with Gasteiger partial charge in [0.15, 0.2) is 6.10 Å². The first-order chi connectivity index (χ1) is 8.54. The molecule has 0 saturated heterocycles. The first-order valence-corrected chi connectivity index (χ1v) is 7.04. The first kappa shape index (κ1) is 16.8. The Morgan fingerprint density at radius 2 is 1.63 bits per heavy atom. The van der Waals surface area contributed by atoms with Crippen LogP contribution in [0.25, 0.3) is 0 Å². The molecule has 0 aliphatic heterocycles. The maximum Gasteiger partial charge on any atom is 0.414 e. The Hall–Kier alpha value is -0.290. The highest BCUT2D eigenvalue weighted by Gasteiger charge is 2.44. The average molecular weight is 281 g/mol. The minimum atomic E-state index is -4.29. The van der Waals surface area contributed by atoms with E-state index in [9.17, 15) is 13.2 Å². The number of nitrogens with one attached hydrogen (secondary N) is 1. The second kappa shape index (κ2) is 6.00. The van der Waals surface area contributed by atoms with Gasteiger partial charge in [0.2, 0.25) is 0 Å². The van der Waals surface area contributed by atoms with Crippen molar-refractivity contribution in [3.8, 4) is 0 Å². The standard InChI is InChI=1S/C14H26F3NO/c1-11(14(15,16)17)19-13(8-6-5-7-9-13)10-18-12(2,3)4/h11,18H,5-10H2,1-4H3. The molecule has 1 atom stereocenters. The highest BCUT2D eigenvalue weighted by molar-refractivity contribution is 4.90. The van der Waals surface area contributed by atoms with Crippen molar-refractivity contribution in [2.45, 2.75) is 83.2 Å². The molecule has 1 aliphatic rings. The predicted molar refractivity (Wildman–Crippen MR) is 70.2 cm³/mol. The molecule has 0 radical (unpaired) electrons. The average Bonchev–Trinajstić information content (AvgIpc) is 2.26. The molecule has 1 saturated carbocycles. The first-order valence-electron chi connectivity index (χ1n) is 7.04. The van der Waals surface area contributed by atoms with E-state index in [0.717, 1.165) is 26.2 Å². The molecule has 1 N–H and O–H groups in total. The van der Waals surface area contributed by atoms with Crippen molar-refractivity contribution < 1.29 is 17.9 Å². The lowest BCUT2D eigenvalue weighted by molar-refractivity contribution is -0.251. The van der Waals surface area contributed by atoms with Crippen LogP contribution in [-0.2, 0) is 4.74 Å². The van der Waals surface area contributed by atoms with Crippen LogP contribution in [0.2, 0.25) is 0 Å². The summed E-state index contributed by atoms with van der Waals surface area (Å²) in [5.74, 6) is 0. The molecule has 0 aromatic heterocycles. The number of alkyl halides is 3. The number of halogens is 3. The maximum absolute atomic E-state index is 12.7. The second-order valence-electron chi connectivity index (χ2n) is 6.65. The molecular formula is C14H26F3NO. The van der Waals surface area contributed by atoms with Gasteiger partial charge in [-0.2, -0.15) is 13.2 Å². The lowest BCUT2D eigenvalue weighted by Gasteiger charge is -2.41. The maximum atomic E-state index is 12.7. The molecule has 0 aromatic rings. The van der Waals surface area contributed by atoms with Crippen LogP contribution in [0.4, 0.5) is 13.2 Å². The summed E-state index contributed by atoms with van der Waals surface area (Å²) in [6.45, 7) is 7.62. The summed E-state index contributed by atoms with van der Waals surface area (Å²) in [5, 5.41) is 3.30. The molecular weight excluding hydrogens is 255 g/mol. The smallest absolute Gasteiger partial charge is 0.361 e. The van der Waals surface area contributed by atoms with Crippen LogP contribution in [0.1, 0.15) is 59.8 Å². The van der Waals surface area contributed by atoms with Crippen molar-refractivity contribution in [1.82, 2.24) is 5.32 Å². The Labute approximate surface area is 114 Å². The molecule has 114 valence electrons. The van der Waals surface area contributed by atoms with Crippen LogP contribution in [-0.4, -0.2) is 30.0 Å². The van der Waals surface area contributed by atoms with Crippen LogP contribution in [0, 0.1) is 0 Å². The van der Waals surface area contributed by atoms with Crippen molar-refractivity contribution in [3.05, 3.63) is 0 Å². The van der Waals surface area contributed by atoms with Crippen LogP contribution < -0.4 is 5.32 Å². The van der Waals surface area contributed by atoms with Gasteiger partial charge in [0, 0.05) is 12.1 Å². The van der Waals surface area contributed by atoms with Crippen molar-refractivity contribution in [2.75, 3.05) is 6.54 Å². The highest BCUT2D eigenvalue weighted by atomic mass is 19.4. The fourth-order valence-corrected chi connectivity index (χ4v) is 2.40. The number of hydrogen-bond acceptors (Lipinski definition) is 2. The summed E-state index contributed by atoms with van der Waals surface area (Å²) < 4.78 is 43.6. The Kier molecular flexibility index (Phi) is 5.29. The summed E-state index contributed by atoms with van der Waals surface area (Å²) >= 11 is 0. The van der Waals surface area contributed by atoms with Crippen molar-refractivity contribution >= 4 is 0 Å². The van der Waals surface area contributed by atoms with E-state index in [4.69, 9.17) is 4.74 Å². The van der Waals surface area contributed by atoms with E-state index >= 15 is 0 Å². The summed E-state index contributed by atoms with van der Waals surface area (Å²) in [6, 6.07) is 0. The zero-order valence-corrected chi connectivity index (χ0v) is 12.4. The van der Waals surface area contributed by atoms with Gasteiger partial charge in [-0.3, -0.25) is 0 Å². The normalized spacial score (nSPS) is 22.3. The van der Waals surface area contributed by atoms with Crippen molar-refractivity contribution in [3.63, 3.8) is 0 Å². The zero-order chi connectivity index (χ0) is 14.7. The number of hydrogen-bond donors (Lipinski definition) is 1. The third-order valence-corrected chi connectivity index (χ3v) is 3.59. The van der Waals surface area contributed by atoms with E-state index in [1.807, 2.05) is 20.8 Å². The molecule has 1 fully saturated rings. The van der Waals surface area contributed by atoms with E-state index in [0.29, 0.717) is 19.4 Å². The fraction of sp³-hybridized carbons (Fsp3) is 1.00. The van der Waals surface area contributed by atoms with E-state index in [1.165, 1.54) is 0 Å². The lowest BCUT2D eigenvalue weighted by atomic mass is 9.83. The van der Waals surface area contributed by atoms with E-state index in [2.05, 4.69) is 5.32 Å². The van der Waals surface area contributed by atoms with Gasteiger partial charge in [-0.15, -0.1) is 0 Å². The third kappa shape index (κ3) is 5.69. The molecule has 0 heterocycles. The van der Waals surface area contributed by atoms with E-state index < -0.39 is 17.9 Å². The Morgan fingerprint density at radius 3 is 2.05 bits per heavy atom. The fourth-order valence-electron chi connectivity index (χ4n) is 2.40. The molecule has 0 amide bonds. The summed E-state index contributed by atoms with van der Waals surface area (Å²) in [6.07, 6.45) is -1.61. The minimum Gasteiger partial charge on any atom is -0.361 e. The zero-order valence-electron chi connectivity index (χ0n) is 12.4. The van der Waals surface area contributed by atoms with Gasteiger partial charge in [-0.25, -0.2) is 0 Å². The molecule has 0 bridgehead atoms. The third-order valence-electron chi connectivity index (χ3n) is 3.59. The van der Waals surface area contributed by atoms with Crippen LogP contribution in [0.15, 0.2) is 0 Å². The second-order valence-corrected chi connectivity index (χ2v) is 6.65. The van der Waals surface area contributed by atoms with E-state index in [-0.39, 0.29) is 5.54 Å². The quantitative estimate of drug-likeness (QED) is 0.839. The molecule has 0 aromatic carbocycles. The van der Waals surface area contributed by atoms with E-state index in [1.54, 1.807) is 0 Å². The van der Waals surface area contributed by atoms with Crippen molar-refractivity contribution in [2.24, 2.45) is 0 Å². The SMILES string of the molecule is CC(OC1(CNC(C)(C)C)CCCCC1)C(F)(F)F. The van der Waals surface area contributed by atoms with Crippen LogP contribution >= 0.6 is 0 Å². The molecule has 1 rings (SSSR count). The van der Waals surface area contributed by atoms with Crippen LogP contribution in [0.3, 0.4) is 0 Å². The molecule has 1 aliphatic carbocycles. The summed E-state index contributed by atoms with van der Waals surface area (Å²) in [7, 11) is 0. The molecule has 5 heteroatoms. The highest BCUT2D eigenvalue weighted by Crippen LogP contribution is 2.36. The van der Waals surface area contributed by atoms with Gasteiger partial charge in [0.05, 0.1) is 5.60 Å². The largest absolute Gasteiger partial charge is 0.414 e. The number of rotatable bonds is 4. The Balaban J connectivity index is 2.70. The number of ether oxygens (including phenoxy) is 1. The summed E-state index contributed by atoms with van der Waals surface area (Å²) in [4.78, 5) is 0. The Bertz CT molecular complexity index is 277. The lowest BCUT2D eigenvalue weighted by Crippen LogP contribution is -2.52. The van der Waals surface area contributed by atoms with Gasteiger partial charge in [-0.1, -0.05) is 19.3 Å². The molecule has 1 unspecified atom stereocenters. The Morgan fingerprint density at radius 1 is 1.11 bits per heavy atom. The van der Waals surface area contributed by atoms with Crippen LogP contribution in [0.5, 0.6) is 0 Å². The van der Waals surface area contributed by atoms with Gasteiger partial charge >= 0.3 is 6.18 Å². The summed E-state index contributed by atoms with van der Waals surface area (Å²) in [5.41, 5.74) is -0.782. The molecule has 19 heavy (non-hydrogen) atoms. The van der Waals surface area contributed by atoms with Gasteiger partial charge < -0.3 is 10.1 Å². The molecule has 2 nitrogen and oxygen atoms in total. The van der Waals surface area contributed by atoms with Gasteiger partial charge in [0.25, 0.3) is 0 Å². The predicted octanol–water partition coefficient (Wildman–Crippen LogP) is 4.04. The van der Waals surface area contributed by atoms with Gasteiger partial charge in [0.1, 0.15) is 0 Å². The topological polar surface area (TPSA) is 21.3 Å². The monoisotopic (exact) mass is 281 g/mol. The van der Waals surface area contributed by atoms with Crippen molar-refractivity contribution in [1.29, 1.82) is 0 Å².